The molecule has 0 saturated carbocycles. The predicted molar refractivity (Wildman–Crippen MR) is 115 cm³/mol. The summed E-state index contributed by atoms with van der Waals surface area (Å²) in [5.41, 5.74) is 6.22. The van der Waals surface area contributed by atoms with E-state index in [4.69, 9.17) is 16.0 Å². The van der Waals surface area contributed by atoms with E-state index >= 15 is 0 Å². The fourth-order valence-electron chi connectivity index (χ4n) is 4.10. The van der Waals surface area contributed by atoms with Crippen LogP contribution in [0.4, 0.5) is 5.69 Å². The van der Waals surface area contributed by atoms with Crippen LogP contribution in [0.15, 0.2) is 45.6 Å². The van der Waals surface area contributed by atoms with E-state index in [0.29, 0.717) is 0 Å². The second kappa shape index (κ2) is 7.61. The van der Waals surface area contributed by atoms with Gasteiger partial charge in [-0.05, 0) is 49.6 Å². The van der Waals surface area contributed by atoms with Crippen LogP contribution in [-0.4, -0.2) is 26.2 Å². The van der Waals surface area contributed by atoms with Crippen LogP contribution >= 0.6 is 11.6 Å². The van der Waals surface area contributed by atoms with Crippen LogP contribution in [-0.2, 0) is 6.54 Å². The van der Waals surface area contributed by atoms with Crippen molar-refractivity contribution >= 4 is 28.3 Å². The maximum atomic E-state index is 12.1. The van der Waals surface area contributed by atoms with E-state index in [-0.39, 0.29) is 5.63 Å². The molecule has 1 aliphatic rings. The van der Waals surface area contributed by atoms with Crippen molar-refractivity contribution in [1.29, 1.82) is 0 Å². The van der Waals surface area contributed by atoms with Gasteiger partial charge in [0.1, 0.15) is 12.1 Å². The number of aryl methyl sites for hydroxylation is 3. The smallest absolute Gasteiger partial charge is 0.336 e. The van der Waals surface area contributed by atoms with Gasteiger partial charge in [-0.2, -0.15) is 0 Å². The highest BCUT2D eigenvalue weighted by Gasteiger charge is 2.23. The monoisotopic (exact) mass is 397 g/mol. The van der Waals surface area contributed by atoms with Gasteiger partial charge in [0.25, 0.3) is 0 Å². The van der Waals surface area contributed by atoms with Crippen LogP contribution in [0.3, 0.4) is 0 Å². The quantitative estimate of drug-likeness (QED) is 0.689. The van der Waals surface area contributed by atoms with E-state index in [1.54, 1.807) is 6.07 Å². The van der Waals surface area contributed by atoms with Crippen molar-refractivity contribution in [2.24, 2.45) is 0 Å². The molecule has 3 aromatic rings. The number of anilines is 1. The Labute approximate surface area is 170 Å². The summed E-state index contributed by atoms with van der Waals surface area (Å²) in [7, 11) is 0. The molecular formula is C23H26ClN2O2+. The van der Waals surface area contributed by atoms with Crippen molar-refractivity contribution in [3.63, 3.8) is 0 Å². The van der Waals surface area contributed by atoms with Crippen LogP contribution < -0.4 is 15.4 Å². The average Bonchev–Trinajstić information content (AvgIpc) is 2.68. The predicted octanol–water partition coefficient (Wildman–Crippen LogP) is 3.28. The van der Waals surface area contributed by atoms with Gasteiger partial charge in [0.2, 0.25) is 0 Å². The van der Waals surface area contributed by atoms with Crippen LogP contribution in [0.2, 0.25) is 5.02 Å². The number of hydrogen-bond acceptors (Lipinski definition) is 3. The zero-order chi connectivity index (χ0) is 19.8. The molecule has 28 heavy (non-hydrogen) atoms. The first kappa shape index (κ1) is 19.0. The Morgan fingerprint density at radius 3 is 2.50 bits per heavy atom. The third-order valence-electron chi connectivity index (χ3n) is 5.94. The normalized spacial score (nSPS) is 15.4. The van der Waals surface area contributed by atoms with Crippen molar-refractivity contribution in [2.45, 2.75) is 27.3 Å². The van der Waals surface area contributed by atoms with Crippen molar-refractivity contribution in [3.05, 3.63) is 74.1 Å². The zero-order valence-electron chi connectivity index (χ0n) is 16.6. The Hall–Kier alpha value is -2.30. The first-order valence-electron chi connectivity index (χ1n) is 9.80. The van der Waals surface area contributed by atoms with Gasteiger partial charge in [-0.25, -0.2) is 4.79 Å². The highest BCUT2D eigenvalue weighted by molar-refractivity contribution is 6.30. The molecule has 146 valence electrons. The number of piperazine rings is 1. The van der Waals surface area contributed by atoms with Crippen LogP contribution in [0, 0.1) is 20.8 Å². The lowest BCUT2D eigenvalue weighted by Crippen LogP contribution is -3.13. The number of benzene rings is 2. The Kier molecular flexibility index (Phi) is 5.17. The summed E-state index contributed by atoms with van der Waals surface area (Å²) in [6, 6.07) is 11.9. The summed E-state index contributed by atoms with van der Waals surface area (Å²) in [6.45, 7) is 11.0. The lowest BCUT2D eigenvalue weighted by Gasteiger charge is -2.34. The minimum absolute atomic E-state index is 0.260. The van der Waals surface area contributed by atoms with E-state index in [9.17, 15) is 4.79 Å². The maximum absolute atomic E-state index is 12.1. The molecule has 4 rings (SSSR count). The zero-order valence-corrected chi connectivity index (χ0v) is 17.4. The van der Waals surface area contributed by atoms with Gasteiger partial charge in [0, 0.05) is 27.7 Å². The molecule has 0 unspecified atom stereocenters. The standard InChI is InChI=1S/C23H25ClN2O2/c1-15-5-7-20-18(12-22(27)28-23(20)17(15)3)14-25-8-10-26(11-9-25)21-13-19(24)6-4-16(21)2/h4-7,12-13H,8-11,14H2,1-3H3/p+1. The summed E-state index contributed by atoms with van der Waals surface area (Å²) >= 11 is 6.20. The number of rotatable bonds is 3. The molecule has 4 nitrogen and oxygen atoms in total. The van der Waals surface area contributed by atoms with E-state index in [2.05, 4.69) is 36.1 Å². The number of hydrogen-bond donors (Lipinski definition) is 1. The Balaban J connectivity index is 1.53. The molecule has 1 aromatic heterocycles. The lowest BCUT2D eigenvalue weighted by molar-refractivity contribution is -0.914. The van der Waals surface area contributed by atoms with Gasteiger partial charge < -0.3 is 14.2 Å². The molecule has 0 radical (unpaired) electrons. The van der Waals surface area contributed by atoms with Crippen molar-refractivity contribution in [1.82, 2.24) is 0 Å². The Morgan fingerprint density at radius 2 is 1.75 bits per heavy atom. The third-order valence-corrected chi connectivity index (χ3v) is 6.18. The molecule has 1 aliphatic heterocycles. The molecule has 5 heteroatoms. The first-order valence-corrected chi connectivity index (χ1v) is 10.2. The van der Waals surface area contributed by atoms with Crippen molar-refractivity contribution in [3.8, 4) is 0 Å². The molecule has 0 atom stereocenters. The van der Waals surface area contributed by atoms with Gasteiger partial charge in [-0.3, -0.25) is 0 Å². The minimum Gasteiger partial charge on any atom is -0.422 e. The molecule has 1 fully saturated rings. The maximum Gasteiger partial charge on any atom is 0.336 e. The Morgan fingerprint density at radius 1 is 1.04 bits per heavy atom. The molecule has 2 heterocycles. The second-order valence-electron chi connectivity index (χ2n) is 7.82. The summed E-state index contributed by atoms with van der Waals surface area (Å²) in [5.74, 6) is 0. The highest BCUT2D eigenvalue weighted by atomic mass is 35.5. The summed E-state index contributed by atoms with van der Waals surface area (Å²) in [4.78, 5) is 16.0. The molecule has 0 spiro atoms. The van der Waals surface area contributed by atoms with E-state index < -0.39 is 0 Å². The summed E-state index contributed by atoms with van der Waals surface area (Å²) in [5, 5.41) is 1.84. The molecule has 1 N–H and O–H groups in total. The minimum atomic E-state index is -0.260. The number of nitrogens with zero attached hydrogens (tertiary/aromatic N) is 1. The van der Waals surface area contributed by atoms with Gasteiger partial charge in [-0.1, -0.05) is 29.8 Å². The second-order valence-corrected chi connectivity index (χ2v) is 8.26. The topological polar surface area (TPSA) is 37.9 Å². The van der Waals surface area contributed by atoms with Gasteiger partial charge >= 0.3 is 5.63 Å². The first-order chi connectivity index (χ1) is 13.4. The average molecular weight is 398 g/mol. The SMILES string of the molecule is Cc1ccc(Cl)cc1N1CC[NH+](Cc2cc(=O)oc3c(C)c(C)ccc23)CC1. The van der Waals surface area contributed by atoms with Gasteiger partial charge in [-0.15, -0.1) is 0 Å². The number of halogens is 1. The van der Waals surface area contributed by atoms with Gasteiger partial charge in [0.15, 0.2) is 0 Å². The number of nitrogens with one attached hydrogen (secondary N) is 1. The fraction of sp³-hybridized carbons (Fsp3) is 0.348. The molecular weight excluding hydrogens is 372 g/mol. The van der Waals surface area contributed by atoms with Gasteiger partial charge in [0.05, 0.1) is 26.2 Å². The van der Waals surface area contributed by atoms with E-state index in [1.807, 2.05) is 19.9 Å². The highest BCUT2D eigenvalue weighted by Crippen LogP contribution is 2.25. The molecule has 0 amide bonds. The third kappa shape index (κ3) is 3.67. The summed E-state index contributed by atoms with van der Waals surface area (Å²) < 4.78 is 5.52. The van der Waals surface area contributed by atoms with Crippen molar-refractivity contribution in [2.75, 3.05) is 31.1 Å². The number of quaternary nitrogens is 1. The van der Waals surface area contributed by atoms with Crippen LogP contribution in [0.5, 0.6) is 0 Å². The fourth-order valence-corrected chi connectivity index (χ4v) is 4.27. The molecule has 1 saturated heterocycles. The lowest BCUT2D eigenvalue weighted by atomic mass is 10.0. The van der Waals surface area contributed by atoms with E-state index in [0.717, 1.165) is 65.4 Å². The Bertz CT molecular complexity index is 1080. The number of fused-ring (bicyclic) bond motifs is 1. The molecule has 0 bridgehead atoms. The molecule has 0 aliphatic carbocycles. The van der Waals surface area contributed by atoms with Crippen LogP contribution in [0.1, 0.15) is 22.3 Å². The largest absolute Gasteiger partial charge is 0.422 e. The summed E-state index contributed by atoms with van der Waals surface area (Å²) in [6.07, 6.45) is 0. The molecule has 2 aromatic carbocycles. The van der Waals surface area contributed by atoms with Crippen LogP contribution in [0.25, 0.3) is 11.0 Å². The van der Waals surface area contributed by atoms with Crippen molar-refractivity contribution < 1.29 is 9.32 Å². The van der Waals surface area contributed by atoms with E-state index in [1.165, 1.54) is 16.2 Å².